The first kappa shape index (κ1) is 19.0. The molecule has 9 nitrogen and oxygen atoms in total. The summed E-state index contributed by atoms with van der Waals surface area (Å²) in [4.78, 5) is 39.5. The summed E-state index contributed by atoms with van der Waals surface area (Å²) in [6, 6.07) is 6.75. The van der Waals surface area contributed by atoms with Crippen LogP contribution in [0.3, 0.4) is 0 Å². The predicted molar refractivity (Wildman–Crippen MR) is 94.5 cm³/mol. The number of carbonyl (C=O) groups excluding carboxylic acids is 3. The van der Waals surface area contributed by atoms with Gasteiger partial charge in [-0.3, -0.25) is 19.8 Å². The van der Waals surface area contributed by atoms with Gasteiger partial charge in [0.25, 0.3) is 5.91 Å². The van der Waals surface area contributed by atoms with E-state index >= 15 is 0 Å². The maximum Gasteiger partial charge on any atom is 0.413 e. The number of ether oxygens (including phenoxy) is 3. The van der Waals surface area contributed by atoms with Crippen molar-refractivity contribution in [2.45, 2.75) is 19.1 Å². The summed E-state index contributed by atoms with van der Waals surface area (Å²) in [7, 11) is 1.20. The Morgan fingerprint density at radius 1 is 1.15 bits per heavy atom. The first-order valence-electron chi connectivity index (χ1n) is 8.79. The molecule has 2 aliphatic heterocycles. The minimum Gasteiger partial charge on any atom is -0.485 e. The van der Waals surface area contributed by atoms with Gasteiger partial charge in [0.15, 0.2) is 11.5 Å². The highest BCUT2D eigenvalue weighted by Crippen LogP contribution is 2.31. The van der Waals surface area contributed by atoms with Crippen molar-refractivity contribution < 1.29 is 28.6 Å². The third-order valence-electron chi connectivity index (χ3n) is 4.75. The van der Waals surface area contributed by atoms with E-state index in [0.29, 0.717) is 37.7 Å². The lowest BCUT2D eigenvalue weighted by Gasteiger charge is -2.38. The van der Waals surface area contributed by atoms with Gasteiger partial charge in [-0.1, -0.05) is 12.1 Å². The Morgan fingerprint density at radius 3 is 2.48 bits per heavy atom. The molecule has 146 valence electrons. The summed E-state index contributed by atoms with van der Waals surface area (Å²) >= 11 is 0. The molecule has 3 amide bonds. The van der Waals surface area contributed by atoms with E-state index in [9.17, 15) is 14.4 Å². The first-order valence-corrected chi connectivity index (χ1v) is 8.79. The second-order valence-corrected chi connectivity index (χ2v) is 6.38. The van der Waals surface area contributed by atoms with Crippen LogP contribution in [0.1, 0.15) is 6.92 Å². The van der Waals surface area contributed by atoms with E-state index in [1.807, 2.05) is 17.0 Å². The van der Waals surface area contributed by atoms with Gasteiger partial charge in [-0.15, -0.1) is 0 Å². The van der Waals surface area contributed by atoms with Crippen molar-refractivity contribution >= 4 is 17.9 Å². The van der Waals surface area contributed by atoms with Crippen LogP contribution in [0.2, 0.25) is 0 Å². The second kappa shape index (κ2) is 8.26. The molecule has 1 aromatic carbocycles. The number of methoxy groups -OCH3 is 1. The number of rotatable bonds is 3. The maximum absolute atomic E-state index is 12.7. The molecule has 0 bridgehead atoms. The summed E-state index contributed by atoms with van der Waals surface area (Å²) < 4.78 is 15.8. The minimum absolute atomic E-state index is 0.129. The zero-order chi connectivity index (χ0) is 19.4. The zero-order valence-corrected chi connectivity index (χ0v) is 15.3. The van der Waals surface area contributed by atoms with E-state index in [0.717, 1.165) is 0 Å². The molecule has 0 spiro atoms. The topological polar surface area (TPSA) is 97.4 Å². The number of fused-ring (bicyclic) bond motifs is 1. The molecule has 2 heterocycles. The molecule has 2 atom stereocenters. The lowest BCUT2D eigenvalue weighted by Crippen LogP contribution is -2.57. The van der Waals surface area contributed by atoms with Crippen LogP contribution in [0.5, 0.6) is 11.5 Å². The Labute approximate surface area is 157 Å². The molecule has 3 rings (SSSR count). The predicted octanol–water partition coefficient (Wildman–Crippen LogP) is 0.242. The molecule has 0 unspecified atom stereocenters. The van der Waals surface area contributed by atoms with Crippen molar-refractivity contribution in [3.63, 3.8) is 0 Å². The molecule has 9 heteroatoms. The minimum atomic E-state index is -0.782. The van der Waals surface area contributed by atoms with Crippen molar-refractivity contribution in [1.82, 2.24) is 15.1 Å². The lowest BCUT2D eigenvalue weighted by atomic mass is 10.2. The van der Waals surface area contributed by atoms with Crippen LogP contribution >= 0.6 is 0 Å². The highest BCUT2D eigenvalue weighted by Gasteiger charge is 2.34. The number of benzene rings is 1. The number of para-hydroxylation sites is 2. The van der Waals surface area contributed by atoms with E-state index in [-0.39, 0.29) is 12.5 Å². The van der Waals surface area contributed by atoms with Crippen LogP contribution in [-0.2, 0) is 14.3 Å². The molecule has 0 aromatic heterocycles. The number of imide groups is 1. The average Bonchev–Trinajstić information content (AvgIpc) is 2.72. The van der Waals surface area contributed by atoms with Crippen molar-refractivity contribution in [3.05, 3.63) is 24.3 Å². The van der Waals surface area contributed by atoms with Crippen LogP contribution in [0.4, 0.5) is 4.79 Å². The fraction of sp³-hybridized carbons (Fsp3) is 0.500. The summed E-state index contributed by atoms with van der Waals surface area (Å²) in [5.41, 5.74) is 0. The van der Waals surface area contributed by atoms with Crippen molar-refractivity contribution in [2.24, 2.45) is 0 Å². The fourth-order valence-electron chi connectivity index (χ4n) is 3.10. The van der Waals surface area contributed by atoms with E-state index in [1.54, 1.807) is 24.0 Å². The largest absolute Gasteiger partial charge is 0.485 e. The number of piperazine rings is 1. The van der Waals surface area contributed by atoms with E-state index < -0.39 is 24.1 Å². The van der Waals surface area contributed by atoms with Crippen molar-refractivity contribution in [3.8, 4) is 11.5 Å². The average molecular weight is 377 g/mol. The quantitative estimate of drug-likeness (QED) is 0.806. The Balaban J connectivity index is 1.51. The number of amides is 3. The van der Waals surface area contributed by atoms with E-state index in [4.69, 9.17) is 9.47 Å². The lowest BCUT2D eigenvalue weighted by molar-refractivity contribution is -0.143. The fourth-order valence-corrected chi connectivity index (χ4v) is 3.10. The molecule has 2 aliphatic rings. The zero-order valence-electron chi connectivity index (χ0n) is 15.3. The second-order valence-electron chi connectivity index (χ2n) is 6.38. The van der Waals surface area contributed by atoms with Gasteiger partial charge in [-0.2, -0.15) is 0 Å². The van der Waals surface area contributed by atoms with Gasteiger partial charge in [0.1, 0.15) is 6.61 Å². The molecular formula is C18H23N3O6. The third-order valence-corrected chi connectivity index (χ3v) is 4.75. The number of nitrogens with one attached hydrogen (secondary N) is 1. The van der Waals surface area contributed by atoms with Crippen LogP contribution < -0.4 is 14.8 Å². The van der Waals surface area contributed by atoms with Crippen LogP contribution in [-0.4, -0.2) is 79.7 Å². The van der Waals surface area contributed by atoms with Gasteiger partial charge in [-0.25, -0.2) is 4.79 Å². The molecule has 1 fully saturated rings. The highest BCUT2D eigenvalue weighted by atomic mass is 16.6. The number of alkyl carbamates (subject to hydrolysis) is 1. The third kappa shape index (κ3) is 4.30. The highest BCUT2D eigenvalue weighted by molar-refractivity contribution is 5.94. The van der Waals surface area contributed by atoms with Crippen LogP contribution in [0.25, 0.3) is 0 Å². The van der Waals surface area contributed by atoms with Crippen LogP contribution in [0, 0.1) is 0 Å². The maximum atomic E-state index is 12.7. The van der Waals surface area contributed by atoms with Gasteiger partial charge in [0.05, 0.1) is 13.2 Å². The van der Waals surface area contributed by atoms with E-state index in [1.165, 1.54) is 7.11 Å². The number of hydrogen-bond acceptors (Lipinski definition) is 7. The smallest absolute Gasteiger partial charge is 0.413 e. The summed E-state index contributed by atoms with van der Waals surface area (Å²) in [5, 5.41) is 2.16. The normalized spacial score (nSPS) is 20.5. The number of carbonyl (C=O) groups is 3. The molecule has 1 aromatic rings. The van der Waals surface area contributed by atoms with Crippen LogP contribution in [0.15, 0.2) is 24.3 Å². The molecule has 1 saturated heterocycles. The molecule has 27 heavy (non-hydrogen) atoms. The van der Waals surface area contributed by atoms with Gasteiger partial charge in [0, 0.05) is 26.2 Å². The van der Waals surface area contributed by atoms with Crippen molar-refractivity contribution in [1.29, 1.82) is 0 Å². The summed E-state index contributed by atoms with van der Waals surface area (Å²) in [5.74, 6) is 0.642. The van der Waals surface area contributed by atoms with Crippen molar-refractivity contribution in [2.75, 3.05) is 39.9 Å². The molecule has 0 saturated carbocycles. The molecule has 1 N–H and O–H groups in total. The summed E-state index contributed by atoms with van der Waals surface area (Å²) in [6.45, 7) is 3.86. The Bertz CT molecular complexity index is 717. The standard InChI is InChI=1S/C18H23N3O6/c1-12(16(22)19-18(24)25-2)20-7-9-21(10-8-20)17(23)15-11-26-13-5-3-4-6-14(13)27-15/h3-6,12,15H,7-11H2,1-2H3,(H,19,22,24)/t12-,15-/m0/s1. The first-order chi connectivity index (χ1) is 13.0. The molecular weight excluding hydrogens is 354 g/mol. The molecule has 0 radical (unpaired) electrons. The van der Waals surface area contributed by atoms with E-state index in [2.05, 4.69) is 10.1 Å². The number of nitrogens with zero attached hydrogens (tertiary/aromatic N) is 2. The van der Waals surface area contributed by atoms with Gasteiger partial charge in [-0.05, 0) is 19.1 Å². The van der Waals surface area contributed by atoms with Gasteiger partial charge in [0.2, 0.25) is 12.0 Å². The monoisotopic (exact) mass is 377 g/mol. The number of hydrogen-bond donors (Lipinski definition) is 1. The molecule has 0 aliphatic carbocycles. The Morgan fingerprint density at radius 2 is 1.81 bits per heavy atom. The van der Waals surface area contributed by atoms with Gasteiger partial charge >= 0.3 is 6.09 Å². The Hall–Kier alpha value is -2.81. The Kier molecular flexibility index (Phi) is 5.80. The summed E-state index contributed by atoms with van der Waals surface area (Å²) in [6.07, 6.45) is -1.46. The van der Waals surface area contributed by atoms with Gasteiger partial charge < -0.3 is 19.1 Å². The SMILES string of the molecule is COC(=O)NC(=O)[C@H](C)N1CCN(C(=O)[C@@H]2COc3ccccc3O2)CC1.